The monoisotopic (exact) mass is 232 g/mol. The van der Waals surface area contributed by atoms with Crippen molar-refractivity contribution in [3.05, 3.63) is 29.8 Å². The molecular weight excluding hydrogens is 208 g/mol. The Labute approximate surface area is 105 Å². The second kappa shape index (κ2) is 4.69. The number of likely N-dealkylation sites (N-methyl/N-ethyl adjacent to an activating group) is 1. The highest BCUT2D eigenvalue weighted by molar-refractivity contribution is 5.51. The van der Waals surface area contributed by atoms with Crippen molar-refractivity contribution in [3.63, 3.8) is 0 Å². The van der Waals surface area contributed by atoms with Crippen LogP contribution in [-0.4, -0.2) is 25.2 Å². The SMILES string of the molecule is CNC1CCCN(c2ccc(C)cc2)C1(C)C. The van der Waals surface area contributed by atoms with E-state index in [1.165, 1.54) is 24.1 Å². The largest absolute Gasteiger partial charge is 0.365 e. The minimum absolute atomic E-state index is 0.183. The summed E-state index contributed by atoms with van der Waals surface area (Å²) in [7, 11) is 2.07. The Balaban J connectivity index is 2.27. The number of piperidine rings is 1. The average Bonchev–Trinajstić information content (AvgIpc) is 2.30. The van der Waals surface area contributed by atoms with Gasteiger partial charge in [0.05, 0.1) is 0 Å². The summed E-state index contributed by atoms with van der Waals surface area (Å²) in [6.45, 7) is 7.98. The van der Waals surface area contributed by atoms with Gasteiger partial charge in [0.2, 0.25) is 0 Å². The average molecular weight is 232 g/mol. The van der Waals surface area contributed by atoms with Crippen LogP contribution in [0.4, 0.5) is 5.69 Å². The second-order valence-corrected chi connectivity index (χ2v) is 5.62. The fraction of sp³-hybridized carbons (Fsp3) is 0.600. The van der Waals surface area contributed by atoms with Gasteiger partial charge >= 0.3 is 0 Å². The van der Waals surface area contributed by atoms with Gasteiger partial charge in [0.25, 0.3) is 0 Å². The number of hydrogen-bond acceptors (Lipinski definition) is 2. The molecule has 1 aromatic rings. The van der Waals surface area contributed by atoms with E-state index in [0.29, 0.717) is 6.04 Å². The molecule has 1 fully saturated rings. The third kappa shape index (κ3) is 2.32. The first-order valence-corrected chi connectivity index (χ1v) is 6.57. The van der Waals surface area contributed by atoms with Gasteiger partial charge in [-0.2, -0.15) is 0 Å². The second-order valence-electron chi connectivity index (χ2n) is 5.62. The predicted molar refractivity (Wildman–Crippen MR) is 74.7 cm³/mol. The summed E-state index contributed by atoms with van der Waals surface area (Å²) in [5.41, 5.74) is 2.86. The molecule has 1 heterocycles. The van der Waals surface area contributed by atoms with Gasteiger partial charge in [0.15, 0.2) is 0 Å². The van der Waals surface area contributed by atoms with E-state index in [-0.39, 0.29) is 5.54 Å². The number of nitrogens with zero attached hydrogens (tertiary/aromatic N) is 1. The minimum atomic E-state index is 0.183. The Morgan fingerprint density at radius 3 is 2.47 bits per heavy atom. The van der Waals surface area contributed by atoms with Crippen LogP contribution in [0.15, 0.2) is 24.3 Å². The Hall–Kier alpha value is -1.02. The highest BCUT2D eigenvalue weighted by Crippen LogP contribution is 2.32. The number of nitrogens with one attached hydrogen (secondary N) is 1. The lowest BCUT2D eigenvalue weighted by atomic mass is 9.84. The molecular formula is C15H24N2. The molecule has 0 aromatic heterocycles. The first kappa shape index (κ1) is 12.4. The zero-order valence-corrected chi connectivity index (χ0v) is 11.5. The summed E-state index contributed by atoms with van der Waals surface area (Å²) in [5, 5.41) is 3.46. The van der Waals surface area contributed by atoms with E-state index >= 15 is 0 Å². The molecule has 1 saturated heterocycles. The lowest BCUT2D eigenvalue weighted by molar-refractivity contribution is 0.275. The van der Waals surface area contributed by atoms with Gasteiger partial charge in [-0.3, -0.25) is 0 Å². The zero-order valence-electron chi connectivity index (χ0n) is 11.5. The highest BCUT2D eigenvalue weighted by Gasteiger charge is 2.37. The van der Waals surface area contributed by atoms with Gasteiger partial charge in [0.1, 0.15) is 0 Å². The summed E-state index contributed by atoms with van der Waals surface area (Å²) in [6.07, 6.45) is 2.54. The van der Waals surface area contributed by atoms with Crippen molar-refractivity contribution in [1.82, 2.24) is 5.32 Å². The molecule has 2 heteroatoms. The molecule has 2 rings (SSSR count). The fourth-order valence-electron chi connectivity index (χ4n) is 2.97. The first-order chi connectivity index (χ1) is 8.05. The van der Waals surface area contributed by atoms with Gasteiger partial charge in [-0.1, -0.05) is 17.7 Å². The van der Waals surface area contributed by atoms with E-state index in [9.17, 15) is 0 Å². The van der Waals surface area contributed by atoms with Crippen LogP contribution in [0.3, 0.4) is 0 Å². The van der Waals surface area contributed by atoms with Crippen LogP contribution in [0.5, 0.6) is 0 Å². The van der Waals surface area contributed by atoms with Crippen LogP contribution in [0, 0.1) is 6.92 Å². The summed E-state index contributed by atoms with van der Waals surface area (Å²) >= 11 is 0. The van der Waals surface area contributed by atoms with Crippen LogP contribution in [0.2, 0.25) is 0 Å². The fourth-order valence-corrected chi connectivity index (χ4v) is 2.97. The van der Waals surface area contributed by atoms with E-state index < -0.39 is 0 Å². The molecule has 1 aliphatic rings. The molecule has 1 N–H and O–H groups in total. The van der Waals surface area contributed by atoms with E-state index in [1.54, 1.807) is 0 Å². The van der Waals surface area contributed by atoms with Crippen molar-refractivity contribution in [1.29, 1.82) is 0 Å². The van der Waals surface area contributed by atoms with Gasteiger partial charge in [-0.15, -0.1) is 0 Å². The van der Waals surface area contributed by atoms with Crippen molar-refractivity contribution >= 4 is 5.69 Å². The third-order valence-electron chi connectivity index (χ3n) is 4.12. The van der Waals surface area contributed by atoms with Crippen LogP contribution in [-0.2, 0) is 0 Å². The number of hydrogen-bond donors (Lipinski definition) is 1. The predicted octanol–water partition coefficient (Wildman–Crippen LogP) is 2.96. The van der Waals surface area contributed by atoms with Crippen molar-refractivity contribution in [2.45, 2.75) is 45.2 Å². The van der Waals surface area contributed by atoms with E-state index in [2.05, 4.69) is 62.3 Å². The normalized spacial score (nSPS) is 23.8. The summed E-state index contributed by atoms with van der Waals surface area (Å²) < 4.78 is 0. The molecule has 1 aromatic carbocycles. The molecule has 0 radical (unpaired) electrons. The van der Waals surface area contributed by atoms with Gasteiger partial charge in [-0.25, -0.2) is 0 Å². The zero-order chi connectivity index (χ0) is 12.5. The Bertz CT molecular complexity index is 367. The molecule has 0 aliphatic carbocycles. The quantitative estimate of drug-likeness (QED) is 0.843. The number of aryl methyl sites for hydroxylation is 1. The molecule has 1 unspecified atom stereocenters. The summed E-state index contributed by atoms with van der Waals surface area (Å²) in [4.78, 5) is 2.54. The summed E-state index contributed by atoms with van der Waals surface area (Å²) in [5.74, 6) is 0. The van der Waals surface area contributed by atoms with Crippen LogP contribution < -0.4 is 10.2 Å². The maximum Gasteiger partial charge on any atom is 0.0498 e. The van der Waals surface area contributed by atoms with Gasteiger partial charge < -0.3 is 10.2 Å². The first-order valence-electron chi connectivity index (χ1n) is 6.57. The van der Waals surface area contributed by atoms with Crippen molar-refractivity contribution in [2.24, 2.45) is 0 Å². The topological polar surface area (TPSA) is 15.3 Å². The van der Waals surface area contributed by atoms with Crippen LogP contribution in [0.1, 0.15) is 32.3 Å². The lowest BCUT2D eigenvalue weighted by Gasteiger charge is -2.49. The minimum Gasteiger partial charge on any atom is -0.365 e. The number of rotatable bonds is 2. The molecule has 1 aliphatic heterocycles. The Morgan fingerprint density at radius 1 is 1.24 bits per heavy atom. The lowest BCUT2D eigenvalue weighted by Crippen LogP contribution is -2.60. The highest BCUT2D eigenvalue weighted by atomic mass is 15.2. The Morgan fingerprint density at radius 2 is 1.88 bits per heavy atom. The standard InChI is InChI=1S/C15H24N2/c1-12-7-9-13(10-8-12)17-11-5-6-14(16-4)15(17,2)3/h7-10,14,16H,5-6,11H2,1-4H3. The van der Waals surface area contributed by atoms with Gasteiger partial charge in [-0.05, 0) is 52.8 Å². The molecule has 17 heavy (non-hydrogen) atoms. The maximum absolute atomic E-state index is 3.46. The maximum atomic E-state index is 3.46. The molecule has 1 atom stereocenters. The molecule has 2 nitrogen and oxygen atoms in total. The van der Waals surface area contributed by atoms with E-state index in [4.69, 9.17) is 0 Å². The Kier molecular flexibility index (Phi) is 3.43. The van der Waals surface area contributed by atoms with Crippen molar-refractivity contribution < 1.29 is 0 Å². The molecule has 94 valence electrons. The molecule has 0 saturated carbocycles. The number of anilines is 1. The van der Waals surface area contributed by atoms with E-state index in [1.807, 2.05) is 0 Å². The third-order valence-corrected chi connectivity index (χ3v) is 4.12. The molecule has 0 spiro atoms. The van der Waals surface area contributed by atoms with Crippen molar-refractivity contribution in [2.75, 3.05) is 18.5 Å². The van der Waals surface area contributed by atoms with Crippen molar-refractivity contribution in [3.8, 4) is 0 Å². The number of benzene rings is 1. The molecule has 0 bridgehead atoms. The molecule has 0 amide bonds. The van der Waals surface area contributed by atoms with Crippen LogP contribution >= 0.6 is 0 Å². The van der Waals surface area contributed by atoms with Crippen LogP contribution in [0.25, 0.3) is 0 Å². The van der Waals surface area contributed by atoms with Gasteiger partial charge in [0, 0.05) is 23.8 Å². The summed E-state index contributed by atoms with van der Waals surface area (Å²) in [6, 6.07) is 9.46. The van der Waals surface area contributed by atoms with E-state index in [0.717, 1.165) is 6.54 Å². The smallest absolute Gasteiger partial charge is 0.0498 e.